The number of esters is 1. The molecule has 2 rings (SSSR count). The molecule has 1 N–H and O–H groups in total. The van der Waals surface area contributed by atoms with Gasteiger partial charge in [0.2, 0.25) is 0 Å². The molecule has 0 radical (unpaired) electrons. The predicted octanol–water partition coefficient (Wildman–Crippen LogP) is 1.95. The first kappa shape index (κ1) is 15.5. The smallest absolute Gasteiger partial charge is 0.305 e. The van der Waals surface area contributed by atoms with Crippen LogP contribution in [0.1, 0.15) is 36.0 Å². The summed E-state index contributed by atoms with van der Waals surface area (Å²) in [7, 11) is 2.95. The van der Waals surface area contributed by atoms with Gasteiger partial charge >= 0.3 is 5.97 Å². The molecule has 21 heavy (non-hydrogen) atoms. The van der Waals surface area contributed by atoms with E-state index in [0.29, 0.717) is 23.8 Å². The topological polar surface area (TPSA) is 64.6 Å². The molecule has 1 atom stereocenters. The number of carbonyl (C=O) groups is 2. The van der Waals surface area contributed by atoms with Crippen LogP contribution >= 0.6 is 0 Å². The molecule has 1 aromatic rings. The Bertz CT molecular complexity index is 494. The van der Waals surface area contributed by atoms with Gasteiger partial charge in [0.1, 0.15) is 5.75 Å². The number of nitrogens with one attached hydrogen (secondary N) is 1. The van der Waals surface area contributed by atoms with Gasteiger partial charge in [-0.25, -0.2) is 0 Å². The molecule has 1 saturated carbocycles. The number of hydrogen-bond acceptors (Lipinski definition) is 5. The van der Waals surface area contributed by atoms with Crippen LogP contribution in [-0.2, 0) is 9.53 Å². The Morgan fingerprint density at radius 3 is 2.43 bits per heavy atom. The second-order valence-corrected chi connectivity index (χ2v) is 5.20. The lowest BCUT2D eigenvalue weighted by Gasteiger charge is -2.17. The first-order valence-corrected chi connectivity index (χ1v) is 7.15. The normalized spacial score (nSPS) is 15.3. The Morgan fingerprint density at radius 2 is 1.90 bits per heavy atom. The van der Waals surface area contributed by atoms with E-state index in [1.165, 1.54) is 7.11 Å². The number of Topliss-reactive ketones (excluding diaryl/α,β-unsaturated/α-hetero) is 1. The van der Waals surface area contributed by atoms with E-state index in [4.69, 9.17) is 4.74 Å². The van der Waals surface area contributed by atoms with Crippen molar-refractivity contribution in [3.05, 3.63) is 29.8 Å². The van der Waals surface area contributed by atoms with Crippen LogP contribution in [0, 0.1) is 0 Å². The van der Waals surface area contributed by atoms with Crippen molar-refractivity contribution in [2.75, 3.05) is 14.2 Å². The van der Waals surface area contributed by atoms with Crippen LogP contribution in [0.5, 0.6) is 5.75 Å². The van der Waals surface area contributed by atoms with Gasteiger partial charge in [-0.3, -0.25) is 9.59 Å². The quantitative estimate of drug-likeness (QED) is 0.586. The van der Waals surface area contributed by atoms with Crippen molar-refractivity contribution in [2.24, 2.45) is 0 Å². The van der Waals surface area contributed by atoms with Crippen molar-refractivity contribution in [3.8, 4) is 5.75 Å². The molecule has 0 aliphatic heterocycles. The molecule has 0 aromatic heterocycles. The summed E-state index contributed by atoms with van der Waals surface area (Å²) in [5.41, 5.74) is 0.624. The van der Waals surface area contributed by atoms with E-state index in [9.17, 15) is 9.59 Å². The number of methoxy groups -OCH3 is 2. The first-order chi connectivity index (χ1) is 10.1. The minimum absolute atomic E-state index is 0.00783. The molecular weight excluding hydrogens is 270 g/mol. The highest BCUT2D eigenvalue weighted by Crippen LogP contribution is 2.22. The Balaban J connectivity index is 2.02. The molecule has 5 nitrogen and oxygen atoms in total. The molecule has 1 fully saturated rings. The molecule has 0 bridgehead atoms. The maximum Gasteiger partial charge on any atom is 0.305 e. The fourth-order valence-corrected chi connectivity index (χ4v) is 2.15. The molecule has 0 saturated heterocycles. The first-order valence-electron chi connectivity index (χ1n) is 7.15. The standard InChI is InChI=1S/C16H21NO4/c1-20-13-7-3-11(4-8-13)16(19)14(17-12-5-6-12)9-10-15(18)21-2/h3-4,7-8,12,14,17H,5-6,9-10H2,1-2H3. The summed E-state index contributed by atoms with van der Waals surface area (Å²) in [4.78, 5) is 23.8. The van der Waals surface area contributed by atoms with Gasteiger partial charge in [-0.15, -0.1) is 0 Å². The van der Waals surface area contributed by atoms with Crippen molar-refractivity contribution in [1.29, 1.82) is 0 Å². The number of carbonyl (C=O) groups excluding carboxylic acids is 2. The van der Waals surface area contributed by atoms with Crippen molar-refractivity contribution in [2.45, 2.75) is 37.8 Å². The number of ketones is 1. The lowest BCUT2D eigenvalue weighted by atomic mass is 10.00. The van der Waals surface area contributed by atoms with Crippen LogP contribution in [0.15, 0.2) is 24.3 Å². The third-order valence-electron chi connectivity index (χ3n) is 3.57. The third-order valence-corrected chi connectivity index (χ3v) is 3.57. The average Bonchev–Trinajstić information content (AvgIpc) is 3.34. The van der Waals surface area contributed by atoms with Crippen LogP contribution in [0.2, 0.25) is 0 Å². The molecule has 5 heteroatoms. The van der Waals surface area contributed by atoms with Crippen molar-refractivity contribution >= 4 is 11.8 Å². The van der Waals surface area contributed by atoms with E-state index in [-0.39, 0.29) is 24.2 Å². The second-order valence-electron chi connectivity index (χ2n) is 5.20. The maximum atomic E-state index is 12.6. The van der Waals surface area contributed by atoms with Crippen molar-refractivity contribution in [3.63, 3.8) is 0 Å². The summed E-state index contributed by atoms with van der Waals surface area (Å²) in [6.07, 6.45) is 2.87. The highest BCUT2D eigenvalue weighted by Gasteiger charge is 2.29. The van der Waals surface area contributed by atoms with Gasteiger partial charge in [-0.1, -0.05) is 0 Å². The van der Waals surface area contributed by atoms with Gasteiger partial charge in [-0.05, 0) is 43.5 Å². The summed E-state index contributed by atoms with van der Waals surface area (Å²) < 4.78 is 9.73. The largest absolute Gasteiger partial charge is 0.497 e. The molecule has 1 aliphatic carbocycles. The van der Waals surface area contributed by atoms with Gasteiger partial charge < -0.3 is 14.8 Å². The molecule has 0 heterocycles. The highest BCUT2D eigenvalue weighted by molar-refractivity contribution is 6.00. The number of rotatable bonds is 8. The number of hydrogen-bond donors (Lipinski definition) is 1. The summed E-state index contributed by atoms with van der Waals surface area (Å²) in [6, 6.07) is 7.09. The maximum absolute atomic E-state index is 12.6. The number of benzene rings is 1. The predicted molar refractivity (Wildman–Crippen MR) is 78.5 cm³/mol. The van der Waals surface area contributed by atoms with Crippen LogP contribution < -0.4 is 10.1 Å². The van der Waals surface area contributed by atoms with Crippen molar-refractivity contribution < 1.29 is 19.1 Å². The Morgan fingerprint density at radius 1 is 1.24 bits per heavy atom. The van der Waals surface area contributed by atoms with Gasteiger partial charge in [0.15, 0.2) is 5.78 Å². The minimum atomic E-state index is -0.343. The van der Waals surface area contributed by atoms with E-state index in [1.54, 1.807) is 31.4 Å². The van der Waals surface area contributed by atoms with Gasteiger partial charge in [0.25, 0.3) is 0 Å². The molecule has 1 aromatic carbocycles. The third kappa shape index (κ3) is 4.56. The SMILES string of the molecule is COC(=O)CCC(NC1CC1)C(=O)c1ccc(OC)cc1. The molecule has 0 amide bonds. The zero-order chi connectivity index (χ0) is 15.2. The molecule has 1 unspecified atom stereocenters. The zero-order valence-corrected chi connectivity index (χ0v) is 12.4. The second kappa shape index (κ2) is 7.22. The van der Waals surface area contributed by atoms with Gasteiger partial charge in [0, 0.05) is 18.0 Å². The van der Waals surface area contributed by atoms with E-state index >= 15 is 0 Å². The van der Waals surface area contributed by atoms with Gasteiger partial charge in [-0.2, -0.15) is 0 Å². The summed E-state index contributed by atoms with van der Waals surface area (Å²) in [6.45, 7) is 0. The fourth-order valence-electron chi connectivity index (χ4n) is 2.15. The van der Waals surface area contributed by atoms with Crippen LogP contribution in [-0.4, -0.2) is 38.1 Å². The molecular formula is C16H21NO4. The van der Waals surface area contributed by atoms with Crippen LogP contribution in [0.3, 0.4) is 0 Å². The van der Waals surface area contributed by atoms with Crippen molar-refractivity contribution in [1.82, 2.24) is 5.32 Å². The van der Waals surface area contributed by atoms with E-state index in [0.717, 1.165) is 12.8 Å². The lowest BCUT2D eigenvalue weighted by molar-refractivity contribution is -0.140. The summed E-state index contributed by atoms with van der Waals surface area (Å²) >= 11 is 0. The zero-order valence-electron chi connectivity index (χ0n) is 12.4. The van der Waals surface area contributed by atoms with E-state index in [1.807, 2.05) is 0 Å². The number of ether oxygens (including phenoxy) is 2. The lowest BCUT2D eigenvalue weighted by Crippen LogP contribution is -2.38. The molecule has 114 valence electrons. The van der Waals surface area contributed by atoms with Gasteiger partial charge in [0.05, 0.1) is 20.3 Å². The fraction of sp³-hybridized carbons (Fsp3) is 0.500. The monoisotopic (exact) mass is 291 g/mol. The molecule has 0 spiro atoms. The average molecular weight is 291 g/mol. The van der Waals surface area contributed by atoms with E-state index in [2.05, 4.69) is 10.1 Å². The Labute approximate surface area is 124 Å². The Hall–Kier alpha value is -1.88. The summed E-state index contributed by atoms with van der Waals surface area (Å²) in [5.74, 6) is 0.432. The molecule has 1 aliphatic rings. The summed E-state index contributed by atoms with van der Waals surface area (Å²) in [5, 5.41) is 3.31. The minimum Gasteiger partial charge on any atom is -0.497 e. The Kier molecular flexibility index (Phi) is 5.33. The van der Waals surface area contributed by atoms with Crippen LogP contribution in [0.25, 0.3) is 0 Å². The van der Waals surface area contributed by atoms with Crippen LogP contribution in [0.4, 0.5) is 0 Å². The highest BCUT2D eigenvalue weighted by atomic mass is 16.5. The van der Waals surface area contributed by atoms with E-state index < -0.39 is 0 Å².